The molecule has 2 unspecified atom stereocenters. The van der Waals surface area contributed by atoms with Crippen molar-refractivity contribution in [3.05, 3.63) is 0 Å². The van der Waals surface area contributed by atoms with E-state index in [1.165, 1.54) is 4.31 Å². The zero-order chi connectivity index (χ0) is 13.2. The third-order valence-corrected chi connectivity index (χ3v) is 5.81. The second-order valence-electron chi connectivity index (χ2n) is 5.69. The minimum Gasteiger partial charge on any atom is -0.393 e. The Balaban J connectivity index is 1.83. The second-order valence-corrected chi connectivity index (χ2v) is 7.45. The van der Waals surface area contributed by atoms with E-state index < -0.39 is 10.2 Å². The van der Waals surface area contributed by atoms with E-state index in [1.54, 1.807) is 0 Å². The molecule has 106 valence electrons. The average molecular weight is 276 g/mol. The largest absolute Gasteiger partial charge is 0.393 e. The monoisotopic (exact) mass is 276 g/mol. The number of nitrogens with zero attached hydrogens (tertiary/aromatic N) is 1. The topological polar surface area (TPSA) is 69.6 Å². The third-order valence-electron chi connectivity index (χ3n) is 4.23. The molecule has 2 atom stereocenters. The number of aliphatic hydroxyl groups excluding tert-OH is 1. The third kappa shape index (κ3) is 3.44. The van der Waals surface area contributed by atoms with E-state index in [0.29, 0.717) is 25.6 Å². The summed E-state index contributed by atoms with van der Waals surface area (Å²) in [6.45, 7) is 3.76. The van der Waals surface area contributed by atoms with Gasteiger partial charge in [-0.05, 0) is 37.5 Å². The SMILES string of the molecule is CC1CCN(S(=O)(=O)NCC2CCCC2O)CC1. The molecule has 0 amide bonds. The van der Waals surface area contributed by atoms with Gasteiger partial charge in [0.25, 0.3) is 10.2 Å². The van der Waals surface area contributed by atoms with Gasteiger partial charge in [-0.1, -0.05) is 13.3 Å². The minimum atomic E-state index is -3.35. The molecule has 0 spiro atoms. The summed E-state index contributed by atoms with van der Waals surface area (Å²) in [5, 5.41) is 9.68. The van der Waals surface area contributed by atoms with Crippen LogP contribution >= 0.6 is 0 Å². The van der Waals surface area contributed by atoms with Crippen LogP contribution < -0.4 is 4.72 Å². The van der Waals surface area contributed by atoms with Gasteiger partial charge in [0.2, 0.25) is 0 Å². The molecule has 1 saturated carbocycles. The predicted molar refractivity (Wildman–Crippen MR) is 70.2 cm³/mol. The fourth-order valence-electron chi connectivity index (χ4n) is 2.78. The van der Waals surface area contributed by atoms with Crippen LogP contribution in [0.5, 0.6) is 0 Å². The van der Waals surface area contributed by atoms with Gasteiger partial charge in [-0.3, -0.25) is 0 Å². The van der Waals surface area contributed by atoms with Crippen LogP contribution in [0.25, 0.3) is 0 Å². The highest BCUT2D eigenvalue weighted by atomic mass is 32.2. The number of piperidine rings is 1. The number of rotatable bonds is 4. The Hall–Kier alpha value is -0.170. The van der Waals surface area contributed by atoms with Crippen LogP contribution in [0.1, 0.15) is 39.0 Å². The van der Waals surface area contributed by atoms with Gasteiger partial charge in [0, 0.05) is 19.6 Å². The standard InChI is InChI=1S/C12H24N2O3S/c1-10-5-7-14(8-6-10)18(16,17)13-9-11-3-2-4-12(11)15/h10-13,15H,2-9H2,1H3. The number of hydrogen-bond acceptors (Lipinski definition) is 3. The predicted octanol–water partition coefficient (Wildman–Crippen LogP) is 0.714. The van der Waals surface area contributed by atoms with Gasteiger partial charge in [0.1, 0.15) is 0 Å². The van der Waals surface area contributed by atoms with E-state index in [9.17, 15) is 13.5 Å². The summed E-state index contributed by atoms with van der Waals surface area (Å²) in [5.41, 5.74) is 0. The van der Waals surface area contributed by atoms with E-state index in [0.717, 1.165) is 32.1 Å². The lowest BCUT2D eigenvalue weighted by atomic mass is 10.0. The molecule has 0 radical (unpaired) electrons. The van der Waals surface area contributed by atoms with Crippen LogP contribution in [0, 0.1) is 11.8 Å². The molecule has 0 aromatic heterocycles. The normalized spacial score (nSPS) is 31.9. The molecule has 1 saturated heterocycles. The molecule has 1 aliphatic heterocycles. The van der Waals surface area contributed by atoms with Crippen molar-refractivity contribution in [2.75, 3.05) is 19.6 Å². The van der Waals surface area contributed by atoms with E-state index in [1.807, 2.05) is 0 Å². The fraction of sp³-hybridized carbons (Fsp3) is 1.00. The second kappa shape index (κ2) is 5.86. The summed E-state index contributed by atoms with van der Waals surface area (Å²) < 4.78 is 28.4. The van der Waals surface area contributed by atoms with Gasteiger partial charge in [0.15, 0.2) is 0 Å². The zero-order valence-electron chi connectivity index (χ0n) is 11.0. The lowest BCUT2D eigenvalue weighted by molar-refractivity contribution is 0.134. The Morgan fingerprint density at radius 3 is 2.44 bits per heavy atom. The molecule has 2 rings (SSSR count). The highest BCUT2D eigenvalue weighted by Gasteiger charge is 2.30. The number of hydrogen-bond donors (Lipinski definition) is 2. The fourth-order valence-corrected chi connectivity index (χ4v) is 4.08. The van der Waals surface area contributed by atoms with Crippen LogP contribution in [-0.4, -0.2) is 43.6 Å². The number of aliphatic hydroxyl groups is 1. The van der Waals surface area contributed by atoms with Gasteiger partial charge < -0.3 is 5.11 Å². The van der Waals surface area contributed by atoms with E-state index >= 15 is 0 Å². The molecule has 1 aliphatic carbocycles. The molecular weight excluding hydrogens is 252 g/mol. The Bertz CT molecular complexity index is 364. The first-order valence-corrected chi connectivity index (χ1v) is 8.36. The molecule has 1 heterocycles. The van der Waals surface area contributed by atoms with Crippen molar-refractivity contribution < 1.29 is 13.5 Å². The maximum absolute atomic E-state index is 12.1. The Kier molecular flexibility index (Phi) is 4.64. The smallest absolute Gasteiger partial charge is 0.279 e. The molecule has 18 heavy (non-hydrogen) atoms. The summed E-state index contributed by atoms with van der Waals surface area (Å²) in [7, 11) is -3.35. The minimum absolute atomic E-state index is 0.0866. The van der Waals surface area contributed by atoms with E-state index in [4.69, 9.17) is 0 Å². The first-order valence-electron chi connectivity index (χ1n) is 6.92. The van der Waals surface area contributed by atoms with Crippen molar-refractivity contribution in [2.24, 2.45) is 11.8 Å². The summed E-state index contributed by atoms with van der Waals surface area (Å²) in [6.07, 6.45) is 4.25. The molecule has 0 aromatic rings. The van der Waals surface area contributed by atoms with Gasteiger partial charge >= 0.3 is 0 Å². The van der Waals surface area contributed by atoms with Crippen LogP contribution in [0.3, 0.4) is 0 Å². The summed E-state index contributed by atoms with van der Waals surface area (Å²) >= 11 is 0. The molecule has 6 heteroatoms. The lowest BCUT2D eigenvalue weighted by Crippen LogP contribution is -2.46. The van der Waals surface area contributed by atoms with E-state index in [2.05, 4.69) is 11.6 Å². The van der Waals surface area contributed by atoms with Crippen molar-refractivity contribution >= 4 is 10.2 Å². The van der Waals surface area contributed by atoms with Gasteiger partial charge in [0.05, 0.1) is 6.10 Å². The number of nitrogens with one attached hydrogen (secondary N) is 1. The van der Waals surface area contributed by atoms with E-state index in [-0.39, 0.29) is 12.0 Å². The van der Waals surface area contributed by atoms with Crippen molar-refractivity contribution in [2.45, 2.75) is 45.1 Å². The zero-order valence-corrected chi connectivity index (χ0v) is 11.8. The maximum Gasteiger partial charge on any atom is 0.279 e. The first kappa shape index (κ1) is 14.2. The average Bonchev–Trinajstić information content (AvgIpc) is 2.73. The van der Waals surface area contributed by atoms with Crippen molar-refractivity contribution in [3.8, 4) is 0 Å². The molecule has 0 aromatic carbocycles. The molecule has 2 N–H and O–H groups in total. The van der Waals surface area contributed by atoms with Gasteiger partial charge in [-0.2, -0.15) is 12.7 Å². The molecule has 2 fully saturated rings. The first-order chi connectivity index (χ1) is 8.49. The van der Waals surface area contributed by atoms with Crippen LogP contribution in [-0.2, 0) is 10.2 Å². The summed E-state index contributed by atoms with van der Waals surface area (Å²) in [5.74, 6) is 0.705. The molecule has 2 aliphatic rings. The van der Waals surface area contributed by atoms with Gasteiger partial charge in [-0.15, -0.1) is 0 Å². The Labute approximate surface area is 110 Å². The molecule has 5 nitrogen and oxygen atoms in total. The quantitative estimate of drug-likeness (QED) is 0.794. The maximum atomic E-state index is 12.1. The van der Waals surface area contributed by atoms with Crippen molar-refractivity contribution in [1.82, 2.24) is 9.03 Å². The summed E-state index contributed by atoms with van der Waals surface area (Å²) in [4.78, 5) is 0. The van der Waals surface area contributed by atoms with Crippen LogP contribution in [0.2, 0.25) is 0 Å². The molecule has 0 bridgehead atoms. The highest BCUT2D eigenvalue weighted by molar-refractivity contribution is 7.87. The Morgan fingerprint density at radius 2 is 1.89 bits per heavy atom. The summed E-state index contributed by atoms with van der Waals surface area (Å²) in [6, 6.07) is 0. The lowest BCUT2D eigenvalue weighted by Gasteiger charge is -2.30. The molecular formula is C12H24N2O3S. The van der Waals surface area contributed by atoms with Crippen LogP contribution in [0.4, 0.5) is 0 Å². The highest BCUT2D eigenvalue weighted by Crippen LogP contribution is 2.25. The van der Waals surface area contributed by atoms with Crippen LogP contribution in [0.15, 0.2) is 0 Å². The van der Waals surface area contributed by atoms with Crippen molar-refractivity contribution in [1.29, 1.82) is 0 Å². The van der Waals surface area contributed by atoms with Gasteiger partial charge in [-0.25, -0.2) is 4.72 Å². The van der Waals surface area contributed by atoms with Crippen molar-refractivity contribution in [3.63, 3.8) is 0 Å². The Morgan fingerprint density at radius 1 is 1.22 bits per heavy atom.